The Morgan fingerprint density at radius 3 is 2.52 bits per heavy atom. The normalized spacial score (nSPS) is 12.0. The van der Waals surface area contributed by atoms with Crippen LogP contribution in [0.1, 0.15) is 17.7 Å². The minimum absolute atomic E-state index is 0.0902. The second kappa shape index (κ2) is 7.80. The Morgan fingerprint density at radius 1 is 1.04 bits per heavy atom. The highest BCUT2D eigenvalue weighted by atomic mass is 35.5. The van der Waals surface area contributed by atoms with Gasteiger partial charge in [-0.15, -0.1) is 10.2 Å². The summed E-state index contributed by atoms with van der Waals surface area (Å²) < 4.78 is 16.3. The molecule has 0 N–H and O–H groups in total. The maximum Gasteiger partial charge on any atom is 0.277 e. The number of aromatic nitrogens is 2. The number of methoxy groups -OCH3 is 2. The molecule has 0 fully saturated rings. The third kappa shape index (κ3) is 3.91. The van der Waals surface area contributed by atoms with E-state index in [1.165, 1.54) is 11.8 Å². The minimum atomic E-state index is 0.0902. The Balaban J connectivity index is 1.80. The third-order valence-electron chi connectivity index (χ3n) is 3.66. The second-order valence-corrected chi connectivity index (χ2v) is 6.92. The third-order valence-corrected chi connectivity index (χ3v) is 4.98. The SMILES string of the molecule is COc1ccc(-c2nnc(S[C@@H](C)c3ccccc3Cl)o2)cc1OC. The largest absolute Gasteiger partial charge is 0.493 e. The first-order valence-electron chi connectivity index (χ1n) is 7.59. The van der Waals surface area contributed by atoms with Crippen molar-refractivity contribution in [1.82, 2.24) is 10.2 Å². The Morgan fingerprint density at radius 2 is 1.80 bits per heavy atom. The van der Waals surface area contributed by atoms with Gasteiger partial charge in [-0.1, -0.05) is 41.6 Å². The van der Waals surface area contributed by atoms with E-state index in [1.807, 2.05) is 37.3 Å². The van der Waals surface area contributed by atoms with Gasteiger partial charge in [0.25, 0.3) is 5.22 Å². The molecule has 130 valence electrons. The number of halogens is 1. The first-order chi connectivity index (χ1) is 12.1. The number of ether oxygens (including phenoxy) is 2. The fourth-order valence-corrected chi connectivity index (χ4v) is 3.58. The molecule has 0 aliphatic rings. The Labute approximate surface area is 155 Å². The van der Waals surface area contributed by atoms with Gasteiger partial charge in [0, 0.05) is 15.8 Å². The smallest absolute Gasteiger partial charge is 0.277 e. The van der Waals surface area contributed by atoms with Crippen molar-refractivity contribution < 1.29 is 13.9 Å². The van der Waals surface area contributed by atoms with Crippen LogP contribution in [-0.2, 0) is 0 Å². The highest BCUT2D eigenvalue weighted by Crippen LogP contribution is 2.38. The molecule has 2 aromatic carbocycles. The Bertz CT molecular complexity index is 869. The van der Waals surface area contributed by atoms with Gasteiger partial charge in [0.05, 0.1) is 14.2 Å². The molecule has 0 unspecified atom stereocenters. The lowest BCUT2D eigenvalue weighted by Crippen LogP contribution is -1.90. The van der Waals surface area contributed by atoms with Crippen molar-refractivity contribution in [2.24, 2.45) is 0 Å². The maximum atomic E-state index is 6.24. The lowest BCUT2D eigenvalue weighted by Gasteiger charge is -2.10. The predicted molar refractivity (Wildman–Crippen MR) is 98.6 cm³/mol. The van der Waals surface area contributed by atoms with E-state index in [1.54, 1.807) is 26.4 Å². The quantitative estimate of drug-likeness (QED) is 0.547. The summed E-state index contributed by atoms with van der Waals surface area (Å²) in [6.07, 6.45) is 0. The summed E-state index contributed by atoms with van der Waals surface area (Å²) in [5, 5.41) is 9.53. The number of benzene rings is 2. The van der Waals surface area contributed by atoms with Crippen molar-refractivity contribution in [3.63, 3.8) is 0 Å². The second-order valence-electron chi connectivity index (χ2n) is 5.22. The maximum absolute atomic E-state index is 6.24. The van der Waals surface area contributed by atoms with E-state index in [4.69, 9.17) is 25.5 Å². The topological polar surface area (TPSA) is 57.4 Å². The zero-order valence-corrected chi connectivity index (χ0v) is 15.6. The van der Waals surface area contributed by atoms with Crippen LogP contribution in [0.15, 0.2) is 52.1 Å². The van der Waals surface area contributed by atoms with Gasteiger partial charge in [0.15, 0.2) is 11.5 Å². The first-order valence-corrected chi connectivity index (χ1v) is 8.85. The molecular formula is C18H17ClN2O3S. The summed E-state index contributed by atoms with van der Waals surface area (Å²) in [7, 11) is 3.18. The minimum Gasteiger partial charge on any atom is -0.493 e. The Hall–Kier alpha value is -2.18. The van der Waals surface area contributed by atoms with Crippen LogP contribution in [-0.4, -0.2) is 24.4 Å². The van der Waals surface area contributed by atoms with Gasteiger partial charge >= 0.3 is 0 Å². The zero-order chi connectivity index (χ0) is 17.8. The monoisotopic (exact) mass is 376 g/mol. The van der Waals surface area contributed by atoms with Crippen molar-refractivity contribution in [3.8, 4) is 23.0 Å². The Kier molecular flexibility index (Phi) is 5.50. The van der Waals surface area contributed by atoms with Crippen LogP contribution in [0.3, 0.4) is 0 Å². The summed E-state index contributed by atoms with van der Waals surface area (Å²) in [6, 6.07) is 13.2. The molecule has 3 aromatic rings. The van der Waals surface area contributed by atoms with E-state index in [0.717, 1.165) is 16.1 Å². The van der Waals surface area contributed by atoms with Crippen LogP contribution in [0, 0.1) is 0 Å². The predicted octanol–water partition coefficient (Wildman–Crippen LogP) is 5.26. The molecule has 0 aliphatic carbocycles. The van der Waals surface area contributed by atoms with Gasteiger partial charge in [0.1, 0.15) is 0 Å². The van der Waals surface area contributed by atoms with Gasteiger partial charge in [-0.05, 0) is 36.8 Å². The molecule has 0 spiro atoms. The van der Waals surface area contributed by atoms with Crippen LogP contribution in [0.25, 0.3) is 11.5 Å². The molecule has 0 saturated heterocycles. The van der Waals surface area contributed by atoms with Gasteiger partial charge in [-0.25, -0.2) is 0 Å². The summed E-state index contributed by atoms with van der Waals surface area (Å²) in [6.45, 7) is 2.05. The van der Waals surface area contributed by atoms with Crippen LogP contribution >= 0.6 is 23.4 Å². The van der Waals surface area contributed by atoms with E-state index in [2.05, 4.69) is 10.2 Å². The molecular weight excluding hydrogens is 360 g/mol. The molecule has 0 aliphatic heterocycles. The molecule has 0 radical (unpaired) electrons. The van der Waals surface area contributed by atoms with Gasteiger partial charge < -0.3 is 13.9 Å². The van der Waals surface area contributed by atoms with Crippen molar-refractivity contribution in [2.45, 2.75) is 17.4 Å². The lowest BCUT2D eigenvalue weighted by molar-refractivity contribution is 0.355. The van der Waals surface area contributed by atoms with Crippen LogP contribution in [0.4, 0.5) is 0 Å². The molecule has 1 aromatic heterocycles. The number of hydrogen-bond acceptors (Lipinski definition) is 6. The standard InChI is InChI=1S/C18H17ClN2O3S/c1-11(13-6-4-5-7-14(13)19)25-18-21-20-17(24-18)12-8-9-15(22-2)16(10-12)23-3/h4-11H,1-3H3/t11-/m0/s1. The highest BCUT2D eigenvalue weighted by molar-refractivity contribution is 7.99. The summed E-state index contributed by atoms with van der Waals surface area (Å²) in [5.74, 6) is 1.68. The molecule has 3 rings (SSSR count). The molecule has 0 bridgehead atoms. The molecule has 0 saturated carbocycles. The van der Waals surface area contributed by atoms with Crippen molar-refractivity contribution >= 4 is 23.4 Å². The van der Waals surface area contributed by atoms with Crippen LogP contribution in [0.2, 0.25) is 5.02 Å². The molecule has 25 heavy (non-hydrogen) atoms. The molecule has 1 atom stereocenters. The fraction of sp³-hybridized carbons (Fsp3) is 0.222. The van der Waals surface area contributed by atoms with E-state index in [0.29, 0.717) is 22.6 Å². The van der Waals surface area contributed by atoms with E-state index < -0.39 is 0 Å². The van der Waals surface area contributed by atoms with Crippen molar-refractivity contribution in [2.75, 3.05) is 14.2 Å². The summed E-state index contributed by atoms with van der Waals surface area (Å²) in [5.41, 5.74) is 1.79. The summed E-state index contributed by atoms with van der Waals surface area (Å²) >= 11 is 7.71. The van der Waals surface area contributed by atoms with Gasteiger partial charge in [-0.3, -0.25) is 0 Å². The molecule has 5 nitrogen and oxygen atoms in total. The number of hydrogen-bond donors (Lipinski definition) is 0. The molecule has 1 heterocycles. The first kappa shape index (κ1) is 17.6. The van der Waals surface area contributed by atoms with Gasteiger partial charge in [0.2, 0.25) is 5.89 Å². The van der Waals surface area contributed by atoms with Crippen molar-refractivity contribution in [1.29, 1.82) is 0 Å². The number of nitrogens with zero attached hydrogens (tertiary/aromatic N) is 2. The average Bonchev–Trinajstić information content (AvgIpc) is 3.09. The highest BCUT2D eigenvalue weighted by Gasteiger charge is 2.17. The van der Waals surface area contributed by atoms with Crippen molar-refractivity contribution in [3.05, 3.63) is 53.1 Å². The van der Waals surface area contributed by atoms with E-state index >= 15 is 0 Å². The van der Waals surface area contributed by atoms with Gasteiger partial charge in [-0.2, -0.15) is 0 Å². The van der Waals surface area contributed by atoms with E-state index in [-0.39, 0.29) is 5.25 Å². The number of rotatable bonds is 6. The zero-order valence-electron chi connectivity index (χ0n) is 14.0. The van der Waals surface area contributed by atoms with Crippen LogP contribution < -0.4 is 9.47 Å². The lowest BCUT2D eigenvalue weighted by atomic mass is 10.2. The fourth-order valence-electron chi connectivity index (χ4n) is 2.36. The molecule has 0 amide bonds. The van der Waals surface area contributed by atoms with Crippen LogP contribution in [0.5, 0.6) is 11.5 Å². The molecule has 7 heteroatoms. The summed E-state index contributed by atoms with van der Waals surface area (Å²) in [4.78, 5) is 0. The number of thioether (sulfide) groups is 1. The average molecular weight is 377 g/mol. The van der Waals surface area contributed by atoms with E-state index in [9.17, 15) is 0 Å².